The van der Waals surface area contributed by atoms with Crippen molar-refractivity contribution in [3.63, 3.8) is 0 Å². The van der Waals surface area contributed by atoms with E-state index in [2.05, 4.69) is 0 Å². The van der Waals surface area contributed by atoms with Crippen LogP contribution in [-0.4, -0.2) is 63.7 Å². The normalized spacial score (nSPS) is 27.8. The maximum atomic E-state index is 12.3. The molecule has 144 valence electrons. The highest BCUT2D eigenvalue weighted by atomic mass is 16.7. The Bertz CT molecular complexity index is 763. The van der Waals surface area contributed by atoms with Crippen molar-refractivity contribution in [3.8, 4) is 11.5 Å². The van der Waals surface area contributed by atoms with Gasteiger partial charge in [0.05, 0.1) is 12.2 Å². The molecule has 0 spiro atoms. The molecule has 0 bridgehead atoms. The number of esters is 1. The summed E-state index contributed by atoms with van der Waals surface area (Å²) in [7, 11) is 0. The molecule has 4 N–H and O–H groups in total. The summed E-state index contributed by atoms with van der Waals surface area (Å²) in [4.78, 5) is 12.3. The lowest BCUT2D eigenvalue weighted by Gasteiger charge is -2.39. The highest BCUT2D eigenvalue weighted by Crippen LogP contribution is 2.31. The lowest BCUT2D eigenvalue weighted by atomic mass is 9.99. The highest BCUT2D eigenvalue weighted by Gasteiger charge is 2.44. The second-order valence-electron chi connectivity index (χ2n) is 6.02. The zero-order valence-electron chi connectivity index (χ0n) is 14.2. The minimum atomic E-state index is -1.57. The maximum absolute atomic E-state index is 12.3. The van der Waals surface area contributed by atoms with Gasteiger partial charge < -0.3 is 34.6 Å². The van der Waals surface area contributed by atoms with Crippen molar-refractivity contribution in [1.29, 1.82) is 0 Å². The lowest BCUT2D eigenvalue weighted by Crippen LogP contribution is -2.60. The summed E-state index contributed by atoms with van der Waals surface area (Å²) in [6, 6.07) is 14.6. The number of ether oxygens (including phenoxy) is 3. The Labute approximate surface area is 155 Å². The van der Waals surface area contributed by atoms with E-state index in [1.165, 1.54) is 12.1 Å². The summed E-state index contributed by atoms with van der Waals surface area (Å²) in [5.41, 5.74) is 0.347. The predicted molar refractivity (Wildman–Crippen MR) is 92.2 cm³/mol. The van der Waals surface area contributed by atoms with E-state index in [0.29, 0.717) is 5.56 Å². The molecule has 1 aliphatic heterocycles. The molecule has 0 radical (unpaired) electrons. The molecule has 1 aliphatic rings. The molecule has 8 heteroatoms. The van der Waals surface area contributed by atoms with Gasteiger partial charge in [0, 0.05) is 0 Å². The van der Waals surface area contributed by atoms with Gasteiger partial charge in [-0.05, 0) is 24.3 Å². The molecular formula is C19H20O8. The molecule has 0 saturated carbocycles. The molecule has 27 heavy (non-hydrogen) atoms. The molecule has 1 saturated heterocycles. The van der Waals surface area contributed by atoms with Crippen LogP contribution in [0.25, 0.3) is 0 Å². The van der Waals surface area contributed by atoms with Gasteiger partial charge in [-0.1, -0.05) is 30.3 Å². The third kappa shape index (κ3) is 4.26. The number of para-hydroxylation sites is 2. The first-order chi connectivity index (χ1) is 13.0. The van der Waals surface area contributed by atoms with Gasteiger partial charge in [-0.25, -0.2) is 4.79 Å². The molecule has 0 unspecified atom stereocenters. The Morgan fingerprint density at radius 2 is 1.52 bits per heavy atom. The average molecular weight is 376 g/mol. The number of carbonyl (C=O) groups is 1. The van der Waals surface area contributed by atoms with E-state index >= 15 is 0 Å². The van der Waals surface area contributed by atoms with Crippen LogP contribution in [0, 0.1) is 0 Å². The van der Waals surface area contributed by atoms with Crippen LogP contribution in [-0.2, 0) is 4.74 Å². The van der Waals surface area contributed by atoms with Crippen LogP contribution in [0.3, 0.4) is 0 Å². The fourth-order valence-corrected chi connectivity index (χ4v) is 2.65. The fourth-order valence-electron chi connectivity index (χ4n) is 2.65. The Morgan fingerprint density at radius 1 is 0.889 bits per heavy atom. The van der Waals surface area contributed by atoms with Gasteiger partial charge >= 0.3 is 5.97 Å². The number of hydrogen-bond acceptors (Lipinski definition) is 8. The van der Waals surface area contributed by atoms with Crippen LogP contribution < -0.4 is 9.47 Å². The van der Waals surface area contributed by atoms with Crippen molar-refractivity contribution < 1.29 is 39.4 Å². The van der Waals surface area contributed by atoms with E-state index in [1.807, 2.05) is 0 Å². The molecule has 0 amide bonds. The second-order valence-corrected chi connectivity index (χ2v) is 6.02. The van der Waals surface area contributed by atoms with Crippen LogP contribution in [0.4, 0.5) is 0 Å². The predicted octanol–water partition coefficient (Wildman–Crippen LogP) is 0.0845. The van der Waals surface area contributed by atoms with Gasteiger partial charge in [0.15, 0.2) is 11.5 Å². The van der Waals surface area contributed by atoms with Crippen LogP contribution in [0.1, 0.15) is 10.4 Å². The van der Waals surface area contributed by atoms with Gasteiger partial charge in [-0.15, -0.1) is 0 Å². The van der Waals surface area contributed by atoms with Crippen molar-refractivity contribution in [2.24, 2.45) is 0 Å². The Hall–Kier alpha value is -2.49. The molecule has 3 rings (SSSR count). The summed E-state index contributed by atoms with van der Waals surface area (Å²) in [5.74, 6) is -0.421. The molecular weight excluding hydrogens is 356 g/mol. The summed E-state index contributed by atoms with van der Waals surface area (Å²) in [6.07, 6.45) is -7.11. The minimum absolute atomic E-state index is 0.0864. The molecule has 5 atom stereocenters. The minimum Gasteiger partial charge on any atom is -0.458 e. The van der Waals surface area contributed by atoms with Gasteiger partial charge in [-0.3, -0.25) is 0 Å². The first-order valence-corrected chi connectivity index (χ1v) is 8.34. The van der Waals surface area contributed by atoms with Crippen LogP contribution in [0.2, 0.25) is 0 Å². The van der Waals surface area contributed by atoms with E-state index < -0.39 is 43.3 Å². The summed E-state index contributed by atoms with van der Waals surface area (Å²) in [6.45, 7) is -0.574. The third-order valence-electron chi connectivity index (χ3n) is 4.15. The van der Waals surface area contributed by atoms with Crippen LogP contribution >= 0.6 is 0 Å². The van der Waals surface area contributed by atoms with Crippen LogP contribution in [0.5, 0.6) is 11.5 Å². The average Bonchev–Trinajstić information content (AvgIpc) is 2.70. The molecule has 1 heterocycles. The molecule has 1 fully saturated rings. The summed E-state index contributed by atoms with van der Waals surface area (Å²) >= 11 is 0. The Kier molecular flexibility index (Phi) is 6.04. The summed E-state index contributed by atoms with van der Waals surface area (Å²) < 4.78 is 16.2. The third-order valence-corrected chi connectivity index (χ3v) is 4.15. The van der Waals surface area contributed by atoms with Crippen molar-refractivity contribution in [3.05, 3.63) is 60.2 Å². The molecule has 2 aromatic carbocycles. The first-order valence-electron chi connectivity index (χ1n) is 8.34. The lowest BCUT2D eigenvalue weighted by molar-refractivity contribution is -0.277. The molecule has 2 aromatic rings. The topological polar surface area (TPSA) is 126 Å². The molecule has 0 aromatic heterocycles. The van der Waals surface area contributed by atoms with Crippen molar-refractivity contribution >= 4 is 5.97 Å². The van der Waals surface area contributed by atoms with Crippen molar-refractivity contribution in [2.75, 3.05) is 6.61 Å². The maximum Gasteiger partial charge on any atom is 0.343 e. The van der Waals surface area contributed by atoms with Gasteiger partial charge in [-0.2, -0.15) is 0 Å². The van der Waals surface area contributed by atoms with Gasteiger partial charge in [0.2, 0.25) is 6.29 Å². The smallest absolute Gasteiger partial charge is 0.343 e. The van der Waals surface area contributed by atoms with Gasteiger partial charge in [0.1, 0.15) is 24.4 Å². The summed E-state index contributed by atoms with van der Waals surface area (Å²) in [5, 5.41) is 39.0. The number of hydrogen-bond donors (Lipinski definition) is 4. The number of aliphatic hydroxyl groups excluding tert-OH is 4. The van der Waals surface area contributed by atoms with E-state index in [1.54, 1.807) is 42.5 Å². The van der Waals surface area contributed by atoms with Crippen molar-refractivity contribution in [2.45, 2.75) is 30.7 Å². The SMILES string of the molecule is O=C(Oc1ccccc1O[C@H]1O[C@H](CO)[C@@H](O)[C@H](O)[C@H]1O)c1ccccc1. The van der Waals surface area contributed by atoms with E-state index in [4.69, 9.17) is 14.2 Å². The number of carbonyl (C=O) groups excluding carboxylic acids is 1. The first kappa shape index (κ1) is 19.3. The highest BCUT2D eigenvalue weighted by molar-refractivity contribution is 5.91. The quantitative estimate of drug-likeness (QED) is 0.427. The zero-order valence-corrected chi connectivity index (χ0v) is 14.2. The Balaban J connectivity index is 1.77. The van der Waals surface area contributed by atoms with Crippen molar-refractivity contribution in [1.82, 2.24) is 0 Å². The Morgan fingerprint density at radius 3 is 2.19 bits per heavy atom. The van der Waals surface area contributed by atoms with Gasteiger partial charge in [0.25, 0.3) is 0 Å². The number of aliphatic hydroxyl groups is 4. The largest absolute Gasteiger partial charge is 0.458 e. The fraction of sp³-hybridized carbons (Fsp3) is 0.316. The number of rotatable bonds is 5. The van der Waals surface area contributed by atoms with E-state index in [0.717, 1.165) is 0 Å². The monoisotopic (exact) mass is 376 g/mol. The van der Waals surface area contributed by atoms with E-state index in [9.17, 15) is 25.2 Å². The molecule has 0 aliphatic carbocycles. The van der Waals surface area contributed by atoms with Crippen LogP contribution in [0.15, 0.2) is 54.6 Å². The standard InChI is InChI=1S/C19H20O8/c20-10-14-15(21)16(22)17(23)19(27-14)26-13-9-5-4-8-12(13)25-18(24)11-6-2-1-3-7-11/h1-9,14-17,19-23H,10H2/t14-,15-,16+,17-,19+/m1/s1. The van der Waals surface area contributed by atoms with E-state index in [-0.39, 0.29) is 11.5 Å². The molecule has 8 nitrogen and oxygen atoms in total. The number of benzene rings is 2. The zero-order chi connectivity index (χ0) is 19.4. The second kappa shape index (κ2) is 8.47.